The van der Waals surface area contributed by atoms with Gasteiger partial charge in [-0.3, -0.25) is 47.8 Å². The molecule has 0 aliphatic carbocycles. The second-order valence-corrected chi connectivity index (χ2v) is 20.5. The first-order valence-corrected chi connectivity index (χ1v) is 27.9. The average Bonchev–Trinajstić information content (AvgIpc) is 1.94. The molecule has 0 radical (unpaired) electrons. The lowest BCUT2D eigenvalue weighted by Gasteiger charge is -2.15. The first-order chi connectivity index (χ1) is 40.8. The molecule has 1 N–H and O–H groups in total. The highest BCUT2D eigenvalue weighted by Crippen LogP contribution is 2.42. The van der Waals surface area contributed by atoms with Gasteiger partial charge in [-0.15, -0.1) is 0 Å². The predicted octanol–water partition coefficient (Wildman–Crippen LogP) is 8.42. The van der Waals surface area contributed by atoms with Crippen molar-refractivity contribution in [3.05, 3.63) is 147 Å². The number of nitrogens with one attached hydrogen (secondary N) is 1. The molecule has 1 amide bonds. The highest BCUT2D eigenvalue weighted by atomic mass is 16.6. The third-order valence-electron chi connectivity index (χ3n) is 15.0. The Kier molecular flexibility index (Phi) is 18.2. The van der Waals surface area contributed by atoms with Crippen LogP contribution in [0.25, 0.3) is 66.1 Å². The van der Waals surface area contributed by atoms with Crippen molar-refractivity contribution >= 4 is 55.6 Å². The molecular formula is C62H68N10O12. The molecule has 0 saturated carbocycles. The minimum absolute atomic E-state index is 0.124. The van der Waals surface area contributed by atoms with Gasteiger partial charge in [0.15, 0.2) is 5.78 Å². The van der Waals surface area contributed by atoms with E-state index in [-0.39, 0.29) is 55.7 Å². The molecule has 8 heterocycles. The lowest BCUT2D eigenvalue weighted by Crippen LogP contribution is -2.35. The Balaban J connectivity index is 0.652. The number of aryl methyl sites for hydroxylation is 4. The molecule has 0 saturated heterocycles. The SMILES string of the molecule is COc1cc2c(cc1-c1c(C)coc1C)ncc1c2n(C(C)c2ccccn2)c(=O)n1CC(=O)NCCOCCOCCOCCOCCCC(=O)Cn1c(=O)n(C(C)c2ccccn2)c2c3cc(OC)c(-c4c(C)noc4C)cc3ncc21. The maximum atomic E-state index is 14.4. The summed E-state index contributed by atoms with van der Waals surface area (Å²) in [6.07, 6.45) is 9.02. The second-order valence-electron chi connectivity index (χ2n) is 20.5. The molecule has 10 aromatic rings. The fourth-order valence-electron chi connectivity index (χ4n) is 10.9. The van der Waals surface area contributed by atoms with Crippen molar-refractivity contribution < 1.29 is 47.0 Å². The molecular weight excluding hydrogens is 1080 g/mol. The summed E-state index contributed by atoms with van der Waals surface area (Å²) in [5.41, 5.74) is 9.12. The lowest BCUT2D eigenvalue weighted by atomic mass is 9.99. The number of carbonyl (C=O) groups is 2. The summed E-state index contributed by atoms with van der Waals surface area (Å²) in [7, 11) is 3.19. The number of Topliss-reactive ketones (excluding diaryl/α,β-unsaturated/α-hetero) is 1. The van der Waals surface area contributed by atoms with Gasteiger partial charge in [-0.25, -0.2) is 9.59 Å². The summed E-state index contributed by atoms with van der Waals surface area (Å²) in [5.74, 6) is 2.05. The first-order valence-electron chi connectivity index (χ1n) is 27.9. The van der Waals surface area contributed by atoms with Crippen LogP contribution in [-0.4, -0.2) is 129 Å². The molecule has 0 fully saturated rings. The number of aromatic nitrogens is 9. The number of nitrogens with zero attached hydrogens (tertiary/aromatic N) is 9. The van der Waals surface area contributed by atoms with Crippen molar-refractivity contribution in [2.24, 2.45) is 0 Å². The van der Waals surface area contributed by atoms with Gasteiger partial charge in [0.2, 0.25) is 5.91 Å². The van der Waals surface area contributed by atoms with Gasteiger partial charge in [-0.1, -0.05) is 17.3 Å². The van der Waals surface area contributed by atoms with Crippen molar-refractivity contribution in [1.82, 2.24) is 48.7 Å². The monoisotopic (exact) mass is 1140 g/mol. The highest BCUT2D eigenvalue weighted by molar-refractivity contribution is 6.06. The van der Waals surface area contributed by atoms with Gasteiger partial charge >= 0.3 is 11.4 Å². The van der Waals surface area contributed by atoms with E-state index < -0.39 is 12.1 Å². The summed E-state index contributed by atoms with van der Waals surface area (Å²) in [5, 5.41) is 8.36. The van der Waals surface area contributed by atoms with E-state index in [1.54, 1.807) is 54.4 Å². The zero-order chi connectivity index (χ0) is 59.0. The van der Waals surface area contributed by atoms with Crippen LogP contribution in [0.15, 0.2) is 110 Å². The maximum absolute atomic E-state index is 14.4. The van der Waals surface area contributed by atoms with Gasteiger partial charge in [0.1, 0.15) is 29.6 Å². The molecule has 0 aliphatic heterocycles. The third kappa shape index (κ3) is 12.0. The standard InChI is InChI=1S/C62H68N10O12/c1-37-36-83-41(5)57(37)46-28-50-44(30-54(46)77-7)60-53(33-67-50)70(62(76)72(60)40(4)49-16-10-12-18-64-49)35-56(74)65-19-21-80-23-25-82-27-26-81-24-22-79-20-13-14-43(73)34-69-52-32-66-51-29-47(58-38(2)68-84-42(58)6)55(78-8)31-45(51)59(52)71(61(69)75)39(3)48-15-9-11-17-63-48/h9-12,15-18,28-33,36,39-40H,13-14,19-27,34-35H2,1-8H3,(H,65,74). The van der Waals surface area contributed by atoms with E-state index in [1.165, 1.54) is 9.13 Å². The summed E-state index contributed by atoms with van der Waals surface area (Å²) >= 11 is 0. The second kappa shape index (κ2) is 26.2. The number of ketones is 1. The Labute approximate surface area is 483 Å². The van der Waals surface area contributed by atoms with Crippen LogP contribution in [0.2, 0.25) is 0 Å². The largest absolute Gasteiger partial charge is 0.496 e. The molecule has 2 unspecified atom stereocenters. The minimum Gasteiger partial charge on any atom is -0.496 e. The topological polar surface area (TPSA) is 246 Å². The number of furan rings is 1. The van der Waals surface area contributed by atoms with Crippen LogP contribution in [0, 0.1) is 27.7 Å². The Hall–Kier alpha value is -8.83. The van der Waals surface area contributed by atoms with Crippen LogP contribution in [-0.2, 0) is 41.6 Å². The number of fused-ring (bicyclic) bond motifs is 6. The number of hydrogen-bond donors (Lipinski definition) is 1. The number of benzene rings is 2. The van der Waals surface area contributed by atoms with Crippen molar-refractivity contribution in [3.8, 4) is 33.8 Å². The Morgan fingerprint density at radius 2 is 1.13 bits per heavy atom. The van der Waals surface area contributed by atoms with Crippen LogP contribution in [0.3, 0.4) is 0 Å². The van der Waals surface area contributed by atoms with Crippen molar-refractivity contribution in [2.45, 2.75) is 79.6 Å². The summed E-state index contributed by atoms with van der Waals surface area (Å²) < 4.78 is 52.0. The van der Waals surface area contributed by atoms with Crippen LogP contribution >= 0.6 is 0 Å². The number of amides is 1. The highest BCUT2D eigenvalue weighted by Gasteiger charge is 2.28. The van der Waals surface area contributed by atoms with Crippen molar-refractivity contribution in [1.29, 1.82) is 0 Å². The maximum Gasteiger partial charge on any atom is 0.330 e. The average molecular weight is 1150 g/mol. The quantitative estimate of drug-likeness (QED) is 0.0452. The summed E-state index contributed by atoms with van der Waals surface area (Å²) in [4.78, 5) is 74.3. The van der Waals surface area contributed by atoms with E-state index >= 15 is 0 Å². The third-order valence-corrected chi connectivity index (χ3v) is 15.0. The number of ether oxygens (including phenoxy) is 6. The molecule has 2 atom stereocenters. The van der Waals surface area contributed by atoms with Crippen molar-refractivity contribution in [2.75, 3.05) is 73.6 Å². The molecule has 0 aliphatic rings. The van der Waals surface area contributed by atoms with E-state index in [0.717, 1.165) is 33.6 Å². The molecule has 22 heteroatoms. The smallest absolute Gasteiger partial charge is 0.330 e. The Bertz CT molecular complexity index is 3800. The molecule has 2 aromatic carbocycles. The van der Waals surface area contributed by atoms with Crippen LogP contribution in [0.4, 0.5) is 0 Å². The molecule has 8 aromatic heterocycles. The number of rotatable bonds is 28. The summed E-state index contributed by atoms with van der Waals surface area (Å²) in [6.45, 7) is 13.8. The van der Waals surface area contributed by atoms with E-state index in [4.69, 9.17) is 47.3 Å². The van der Waals surface area contributed by atoms with Gasteiger partial charge < -0.3 is 42.7 Å². The molecule has 22 nitrogen and oxygen atoms in total. The van der Waals surface area contributed by atoms with Gasteiger partial charge in [0.05, 0.1) is 153 Å². The Morgan fingerprint density at radius 1 is 0.619 bits per heavy atom. The van der Waals surface area contributed by atoms with Gasteiger partial charge in [0, 0.05) is 59.4 Å². The fourth-order valence-corrected chi connectivity index (χ4v) is 10.9. The zero-order valence-corrected chi connectivity index (χ0v) is 48.4. The first kappa shape index (κ1) is 58.4. The number of carbonyl (C=O) groups excluding carboxylic acids is 2. The summed E-state index contributed by atoms with van der Waals surface area (Å²) in [6, 6.07) is 17.8. The number of pyridine rings is 4. The molecule has 0 spiro atoms. The number of imidazole rings is 2. The molecule has 84 heavy (non-hydrogen) atoms. The Morgan fingerprint density at radius 3 is 1.61 bits per heavy atom. The van der Waals surface area contributed by atoms with Crippen LogP contribution in [0.5, 0.6) is 11.5 Å². The molecule has 438 valence electrons. The fraction of sp³-hybridized carbons (Fsp3) is 0.371. The predicted molar refractivity (Wildman–Crippen MR) is 315 cm³/mol. The van der Waals surface area contributed by atoms with E-state index in [9.17, 15) is 19.2 Å². The van der Waals surface area contributed by atoms with Crippen molar-refractivity contribution in [3.63, 3.8) is 0 Å². The van der Waals surface area contributed by atoms with Gasteiger partial charge in [-0.2, -0.15) is 0 Å². The number of hydrogen-bond acceptors (Lipinski definition) is 17. The van der Waals surface area contributed by atoms with Gasteiger partial charge in [0.25, 0.3) is 0 Å². The minimum atomic E-state index is -0.479. The van der Waals surface area contributed by atoms with E-state index in [0.29, 0.717) is 131 Å². The van der Waals surface area contributed by atoms with Crippen LogP contribution < -0.4 is 26.2 Å². The lowest BCUT2D eigenvalue weighted by molar-refractivity contribution is -0.122. The normalized spacial score (nSPS) is 12.5. The van der Waals surface area contributed by atoms with Crippen LogP contribution in [0.1, 0.15) is 72.9 Å². The zero-order valence-electron chi connectivity index (χ0n) is 48.4. The van der Waals surface area contributed by atoms with E-state index in [1.807, 2.05) is 102 Å². The number of methoxy groups -OCH3 is 2. The molecule has 0 bridgehead atoms. The van der Waals surface area contributed by atoms with Gasteiger partial charge in [-0.05, 0) is 102 Å². The molecule has 10 rings (SSSR count). The van der Waals surface area contributed by atoms with E-state index in [2.05, 4.69) is 20.4 Å².